The third-order valence-electron chi connectivity index (χ3n) is 4.98. The number of hydrogen-bond acceptors (Lipinski definition) is 5. The van der Waals surface area contributed by atoms with Crippen molar-refractivity contribution in [2.75, 3.05) is 37.0 Å². The van der Waals surface area contributed by atoms with Gasteiger partial charge in [-0.05, 0) is 55.3 Å². The first-order chi connectivity index (χ1) is 14.4. The minimum atomic E-state index is -3.71. The van der Waals surface area contributed by atoms with Crippen LogP contribution < -0.4 is 14.9 Å². The van der Waals surface area contributed by atoms with Crippen LogP contribution >= 0.6 is 11.6 Å². The van der Waals surface area contributed by atoms with Gasteiger partial charge >= 0.3 is 0 Å². The van der Waals surface area contributed by atoms with Crippen LogP contribution in [0.3, 0.4) is 0 Å². The maximum atomic E-state index is 12.2. The highest BCUT2D eigenvalue weighted by molar-refractivity contribution is 7.89. The summed E-state index contributed by atoms with van der Waals surface area (Å²) in [4.78, 5) is 14.5. The Kier molecular flexibility index (Phi) is 7.71. The van der Waals surface area contributed by atoms with Crippen LogP contribution in [0.15, 0.2) is 53.4 Å². The topological polar surface area (TPSA) is 87.7 Å². The highest BCUT2D eigenvalue weighted by Gasteiger charge is 2.19. The minimum absolute atomic E-state index is 0.00898. The first kappa shape index (κ1) is 22.6. The van der Waals surface area contributed by atoms with Gasteiger partial charge in [-0.15, -0.1) is 0 Å². The predicted octanol–water partition coefficient (Wildman–Crippen LogP) is 3.26. The molecule has 0 radical (unpaired) electrons. The van der Waals surface area contributed by atoms with Crippen molar-refractivity contribution in [1.82, 2.24) is 4.72 Å². The molecule has 2 aromatic carbocycles. The summed E-state index contributed by atoms with van der Waals surface area (Å²) in [7, 11) is -1.97. The molecule has 2 N–H and O–H groups in total. The molecule has 1 heterocycles. The number of anilines is 2. The summed E-state index contributed by atoms with van der Waals surface area (Å²) >= 11 is 5.84. The van der Waals surface area contributed by atoms with Gasteiger partial charge in [-0.25, -0.2) is 13.1 Å². The smallest absolute Gasteiger partial charge is 0.240 e. The van der Waals surface area contributed by atoms with E-state index in [2.05, 4.69) is 14.9 Å². The lowest BCUT2D eigenvalue weighted by molar-refractivity contribution is -0.116. The van der Waals surface area contributed by atoms with Crippen molar-refractivity contribution in [1.29, 1.82) is 0 Å². The van der Waals surface area contributed by atoms with Gasteiger partial charge in [-0.1, -0.05) is 17.7 Å². The summed E-state index contributed by atoms with van der Waals surface area (Å²) in [6.07, 6.45) is 2.42. The maximum Gasteiger partial charge on any atom is 0.240 e. The number of ether oxygens (including phenoxy) is 1. The number of nitrogens with zero attached hydrogens (tertiary/aromatic N) is 1. The Morgan fingerprint density at radius 1 is 1.23 bits per heavy atom. The minimum Gasteiger partial charge on any atom is -0.380 e. The van der Waals surface area contributed by atoms with Gasteiger partial charge in [0, 0.05) is 49.6 Å². The number of piperidine rings is 1. The Labute approximate surface area is 182 Å². The first-order valence-electron chi connectivity index (χ1n) is 9.80. The molecule has 1 unspecified atom stereocenters. The monoisotopic (exact) mass is 451 g/mol. The molecule has 1 fully saturated rings. The van der Waals surface area contributed by atoms with Crippen LogP contribution in [-0.4, -0.2) is 47.2 Å². The Morgan fingerprint density at radius 3 is 2.70 bits per heavy atom. The lowest BCUT2D eigenvalue weighted by Crippen LogP contribution is -2.39. The Balaban J connectivity index is 1.48. The number of methoxy groups -OCH3 is 1. The summed E-state index contributed by atoms with van der Waals surface area (Å²) in [5.74, 6) is -0.269. The van der Waals surface area contributed by atoms with E-state index in [1.165, 1.54) is 12.1 Å². The van der Waals surface area contributed by atoms with E-state index in [9.17, 15) is 13.2 Å². The van der Waals surface area contributed by atoms with Crippen LogP contribution in [-0.2, 0) is 19.6 Å². The highest BCUT2D eigenvalue weighted by Crippen LogP contribution is 2.23. The third-order valence-corrected chi connectivity index (χ3v) is 6.67. The number of benzene rings is 2. The molecule has 0 saturated carbocycles. The van der Waals surface area contributed by atoms with Gasteiger partial charge in [-0.3, -0.25) is 4.79 Å². The maximum absolute atomic E-state index is 12.2. The molecular formula is C21H26ClN3O4S. The molecule has 3 rings (SSSR count). The number of sulfonamides is 1. The fourth-order valence-corrected chi connectivity index (χ4v) is 4.69. The van der Waals surface area contributed by atoms with Gasteiger partial charge < -0.3 is 15.0 Å². The van der Waals surface area contributed by atoms with Crippen molar-refractivity contribution in [3.05, 3.63) is 53.6 Å². The molecule has 0 aliphatic carbocycles. The van der Waals surface area contributed by atoms with Gasteiger partial charge in [-0.2, -0.15) is 0 Å². The average Bonchev–Trinajstić information content (AvgIpc) is 2.74. The third kappa shape index (κ3) is 6.18. The predicted molar refractivity (Wildman–Crippen MR) is 119 cm³/mol. The average molecular weight is 452 g/mol. The summed E-state index contributed by atoms with van der Waals surface area (Å²) in [5.41, 5.74) is 1.76. The van der Waals surface area contributed by atoms with Crippen molar-refractivity contribution in [2.45, 2.75) is 30.3 Å². The zero-order chi connectivity index (χ0) is 21.6. The molecule has 7 nitrogen and oxygen atoms in total. The van der Waals surface area contributed by atoms with E-state index in [1.54, 1.807) is 19.2 Å². The Bertz CT molecular complexity index is 966. The van der Waals surface area contributed by atoms with Crippen molar-refractivity contribution in [2.24, 2.45) is 0 Å². The van der Waals surface area contributed by atoms with Crippen LogP contribution in [0.4, 0.5) is 11.4 Å². The van der Waals surface area contributed by atoms with E-state index < -0.39 is 10.0 Å². The summed E-state index contributed by atoms with van der Waals surface area (Å²) < 4.78 is 32.4. The van der Waals surface area contributed by atoms with Crippen molar-refractivity contribution in [3.63, 3.8) is 0 Å². The number of carbonyl (C=O) groups excluding carboxylic acids is 1. The molecule has 1 saturated heterocycles. The largest absolute Gasteiger partial charge is 0.380 e. The second kappa shape index (κ2) is 10.3. The SMILES string of the molecule is COC1CCCN(c2ccc(NC(=O)CCNS(=O)(=O)c3cccc(Cl)c3)cc2)C1. The van der Waals surface area contributed by atoms with Crippen molar-refractivity contribution >= 4 is 38.9 Å². The molecule has 2 aromatic rings. The van der Waals surface area contributed by atoms with Gasteiger partial charge in [0.15, 0.2) is 0 Å². The molecule has 0 bridgehead atoms. The molecular weight excluding hydrogens is 426 g/mol. The number of carbonyl (C=O) groups is 1. The van der Waals surface area contributed by atoms with Crippen molar-refractivity contribution < 1.29 is 17.9 Å². The van der Waals surface area contributed by atoms with Crippen LogP contribution in [0.1, 0.15) is 19.3 Å². The fourth-order valence-electron chi connectivity index (χ4n) is 3.36. The molecule has 162 valence electrons. The summed E-state index contributed by atoms with van der Waals surface area (Å²) in [6, 6.07) is 13.6. The van der Waals surface area contributed by atoms with Crippen LogP contribution in [0.5, 0.6) is 0 Å². The summed E-state index contributed by atoms with van der Waals surface area (Å²) in [5, 5.41) is 3.12. The van der Waals surface area contributed by atoms with Gasteiger partial charge in [0.25, 0.3) is 0 Å². The van der Waals surface area contributed by atoms with Crippen LogP contribution in [0, 0.1) is 0 Å². The number of rotatable bonds is 8. The normalized spacial score (nSPS) is 17.0. The summed E-state index contributed by atoms with van der Waals surface area (Å²) in [6.45, 7) is 1.83. The second-order valence-corrected chi connectivity index (χ2v) is 9.35. The van der Waals surface area contributed by atoms with E-state index in [0.29, 0.717) is 10.7 Å². The molecule has 0 spiro atoms. The van der Waals surface area contributed by atoms with E-state index in [4.69, 9.17) is 16.3 Å². The van der Waals surface area contributed by atoms with Crippen LogP contribution in [0.25, 0.3) is 0 Å². The molecule has 1 atom stereocenters. The zero-order valence-electron chi connectivity index (χ0n) is 16.8. The van der Waals surface area contributed by atoms with E-state index in [-0.39, 0.29) is 29.9 Å². The lowest BCUT2D eigenvalue weighted by Gasteiger charge is -2.33. The van der Waals surface area contributed by atoms with Crippen molar-refractivity contribution in [3.8, 4) is 0 Å². The quantitative estimate of drug-likeness (QED) is 0.643. The lowest BCUT2D eigenvalue weighted by atomic mass is 10.1. The standard InChI is InChI=1S/C21H26ClN3O4S/c1-29-19-5-3-13-25(15-19)18-9-7-17(8-10-18)24-21(26)11-12-23-30(27,28)20-6-2-4-16(22)14-20/h2,4,6-10,14,19,23H,3,5,11-13,15H2,1H3,(H,24,26). The van der Waals surface area contributed by atoms with E-state index >= 15 is 0 Å². The molecule has 9 heteroatoms. The van der Waals surface area contributed by atoms with Gasteiger partial charge in [0.1, 0.15) is 0 Å². The Hall–Kier alpha value is -2.13. The molecule has 1 aliphatic heterocycles. The Morgan fingerprint density at radius 2 is 2.00 bits per heavy atom. The zero-order valence-corrected chi connectivity index (χ0v) is 18.4. The van der Waals surface area contributed by atoms with Gasteiger partial charge in [0.05, 0.1) is 11.0 Å². The second-order valence-electron chi connectivity index (χ2n) is 7.15. The van der Waals surface area contributed by atoms with E-state index in [1.807, 2.05) is 24.3 Å². The number of hydrogen-bond donors (Lipinski definition) is 2. The highest BCUT2D eigenvalue weighted by atomic mass is 35.5. The number of amides is 1. The van der Waals surface area contributed by atoms with Gasteiger partial charge in [0.2, 0.25) is 15.9 Å². The molecule has 1 amide bonds. The fraction of sp³-hybridized carbons (Fsp3) is 0.381. The molecule has 1 aliphatic rings. The number of halogens is 1. The van der Waals surface area contributed by atoms with Crippen LogP contribution in [0.2, 0.25) is 5.02 Å². The first-order valence-corrected chi connectivity index (χ1v) is 11.7. The number of nitrogens with one attached hydrogen (secondary N) is 2. The molecule has 30 heavy (non-hydrogen) atoms. The van der Waals surface area contributed by atoms with E-state index in [0.717, 1.165) is 31.6 Å². The molecule has 0 aromatic heterocycles.